The molecule has 0 unspecified atom stereocenters. The van der Waals surface area contributed by atoms with Crippen molar-refractivity contribution in [3.63, 3.8) is 0 Å². The van der Waals surface area contributed by atoms with Crippen molar-refractivity contribution in [1.82, 2.24) is 9.78 Å². The van der Waals surface area contributed by atoms with Crippen LogP contribution in [0.25, 0.3) is 11.1 Å². The van der Waals surface area contributed by atoms with Gasteiger partial charge in [-0.05, 0) is 6.07 Å². The number of aryl methyl sites for hydroxylation is 1. The summed E-state index contributed by atoms with van der Waals surface area (Å²) in [5.74, 6) is -0.494. The van der Waals surface area contributed by atoms with Crippen LogP contribution in [0.2, 0.25) is 5.02 Å². The fourth-order valence-electron chi connectivity index (χ4n) is 1.59. The van der Waals surface area contributed by atoms with E-state index in [4.69, 9.17) is 11.6 Å². The number of aliphatic hydroxyl groups is 1. The monoisotopic (exact) mass is 240 g/mol. The van der Waals surface area contributed by atoms with E-state index in [1.54, 1.807) is 19.2 Å². The van der Waals surface area contributed by atoms with Crippen LogP contribution in [0.4, 0.5) is 4.39 Å². The molecule has 16 heavy (non-hydrogen) atoms. The first-order chi connectivity index (χ1) is 7.65. The quantitative estimate of drug-likeness (QED) is 0.875. The lowest BCUT2D eigenvalue weighted by Gasteiger charge is -2.05. The smallest absolute Gasteiger partial charge is 0.149 e. The van der Waals surface area contributed by atoms with Gasteiger partial charge in [0.2, 0.25) is 0 Å². The number of aliphatic hydroxyl groups excluding tert-OH is 1. The zero-order valence-electron chi connectivity index (χ0n) is 8.61. The van der Waals surface area contributed by atoms with E-state index in [-0.39, 0.29) is 11.6 Å². The normalized spacial score (nSPS) is 10.8. The number of halogens is 2. The maximum absolute atomic E-state index is 13.8. The van der Waals surface area contributed by atoms with Gasteiger partial charge in [-0.1, -0.05) is 23.7 Å². The maximum Gasteiger partial charge on any atom is 0.149 e. The van der Waals surface area contributed by atoms with Crippen molar-refractivity contribution in [1.29, 1.82) is 0 Å². The largest absolute Gasteiger partial charge is 0.390 e. The Kier molecular flexibility index (Phi) is 2.94. The summed E-state index contributed by atoms with van der Waals surface area (Å²) in [6.07, 6.45) is 1.51. The van der Waals surface area contributed by atoms with Crippen LogP contribution in [-0.2, 0) is 13.7 Å². The van der Waals surface area contributed by atoms with E-state index in [1.165, 1.54) is 16.9 Å². The lowest BCUT2D eigenvalue weighted by molar-refractivity contribution is 0.271. The van der Waals surface area contributed by atoms with Crippen LogP contribution in [0.15, 0.2) is 24.4 Å². The van der Waals surface area contributed by atoms with E-state index in [1.807, 2.05) is 0 Å². The predicted octanol–water partition coefficient (Wildman–Crippen LogP) is 2.37. The number of nitrogens with zero attached hydrogens (tertiary/aromatic N) is 2. The summed E-state index contributed by atoms with van der Waals surface area (Å²) < 4.78 is 15.3. The van der Waals surface area contributed by atoms with Gasteiger partial charge in [0.1, 0.15) is 5.82 Å². The topological polar surface area (TPSA) is 38.0 Å². The third-order valence-corrected chi connectivity index (χ3v) is 2.75. The molecule has 0 aliphatic heterocycles. The van der Waals surface area contributed by atoms with Crippen molar-refractivity contribution in [2.45, 2.75) is 6.61 Å². The standard InChI is InChI=1S/C11H10ClFN2O/c1-15-10(6-16)8(5-14-15)7-3-2-4-9(12)11(7)13/h2-5,16H,6H2,1H3. The molecule has 2 aromatic rings. The van der Waals surface area contributed by atoms with Gasteiger partial charge < -0.3 is 5.11 Å². The van der Waals surface area contributed by atoms with Crippen LogP contribution in [0.3, 0.4) is 0 Å². The molecule has 1 aromatic heterocycles. The van der Waals surface area contributed by atoms with Gasteiger partial charge in [0.25, 0.3) is 0 Å². The first kappa shape index (κ1) is 11.1. The highest BCUT2D eigenvalue weighted by molar-refractivity contribution is 6.31. The number of hydrogen-bond donors (Lipinski definition) is 1. The Labute approximate surface area is 97.1 Å². The van der Waals surface area contributed by atoms with Gasteiger partial charge in [-0.2, -0.15) is 5.10 Å². The molecule has 2 rings (SSSR count). The molecule has 1 aromatic carbocycles. The molecular weight excluding hydrogens is 231 g/mol. The fourth-order valence-corrected chi connectivity index (χ4v) is 1.76. The minimum Gasteiger partial charge on any atom is -0.390 e. The van der Waals surface area contributed by atoms with E-state index >= 15 is 0 Å². The molecule has 0 aliphatic rings. The van der Waals surface area contributed by atoms with Crippen molar-refractivity contribution < 1.29 is 9.50 Å². The van der Waals surface area contributed by atoms with Crippen LogP contribution in [0.1, 0.15) is 5.69 Å². The average Bonchev–Trinajstić information content (AvgIpc) is 2.63. The Bertz CT molecular complexity index is 525. The van der Waals surface area contributed by atoms with Gasteiger partial charge in [-0.15, -0.1) is 0 Å². The van der Waals surface area contributed by atoms with Gasteiger partial charge in [0, 0.05) is 18.2 Å². The van der Waals surface area contributed by atoms with Crippen molar-refractivity contribution >= 4 is 11.6 Å². The van der Waals surface area contributed by atoms with E-state index < -0.39 is 5.82 Å². The maximum atomic E-state index is 13.8. The molecule has 0 amide bonds. The molecule has 0 atom stereocenters. The minimum absolute atomic E-state index is 0.0604. The highest BCUT2D eigenvalue weighted by Gasteiger charge is 2.14. The summed E-state index contributed by atoms with van der Waals surface area (Å²) in [5, 5.41) is 13.2. The average molecular weight is 241 g/mol. The number of rotatable bonds is 2. The highest BCUT2D eigenvalue weighted by Crippen LogP contribution is 2.29. The Balaban J connectivity index is 2.63. The molecule has 0 saturated heterocycles. The van der Waals surface area contributed by atoms with Gasteiger partial charge in [-0.3, -0.25) is 4.68 Å². The molecule has 0 fully saturated rings. The molecule has 0 spiro atoms. The second kappa shape index (κ2) is 4.23. The zero-order chi connectivity index (χ0) is 11.7. The number of benzene rings is 1. The Hall–Kier alpha value is -1.39. The summed E-state index contributed by atoms with van der Waals surface area (Å²) in [7, 11) is 1.69. The number of aromatic nitrogens is 2. The fraction of sp³-hybridized carbons (Fsp3) is 0.182. The van der Waals surface area contributed by atoms with Crippen LogP contribution in [0.5, 0.6) is 0 Å². The first-order valence-corrected chi connectivity index (χ1v) is 5.09. The number of hydrogen-bond acceptors (Lipinski definition) is 2. The molecule has 0 aliphatic carbocycles. The minimum atomic E-state index is -0.494. The molecule has 1 N–H and O–H groups in total. The molecule has 3 nitrogen and oxygen atoms in total. The molecule has 5 heteroatoms. The van der Waals surface area contributed by atoms with Gasteiger partial charge in [-0.25, -0.2) is 4.39 Å². The van der Waals surface area contributed by atoms with E-state index in [0.29, 0.717) is 16.8 Å². The Morgan fingerprint density at radius 3 is 2.88 bits per heavy atom. The van der Waals surface area contributed by atoms with Crippen molar-refractivity contribution in [3.05, 3.63) is 40.9 Å². The summed E-state index contributed by atoms with van der Waals surface area (Å²) in [6, 6.07) is 4.75. The summed E-state index contributed by atoms with van der Waals surface area (Å²) in [5.41, 5.74) is 1.47. The molecular formula is C11H10ClFN2O. The summed E-state index contributed by atoms with van der Waals surface area (Å²) in [6.45, 7) is -0.197. The Morgan fingerprint density at radius 2 is 2.19 bits per heavy atom. The lowest BCUT2D eigenvalue weighted by atomic mass is 10.1. The lowest BCUT2D eigenvalue weighted by Crippen LogP contribution is -1.99. The van der Waals surface area contributed by atoms with E-state index in [9.17, 15) is 9.50 Å². The van der Waals surface area contributed by atoms with E-state index in [0.717, 1.165) is 0 Å². The van der Waals surface area contributed by atoms with Crippen LogP contribution >= 0.6 is 11.6 Å². The summed E-state index contributed by atoms with van der Waals surface area (Å²) >= 11 is 5.70. The second-order valence-electron chi connectivity index (χ2n) is 3.39. The SMILES string of the molecule is Cn1ncc(-c2cccc(Cl)c2F)c1CO. The third-order valence-electron chi connectivity index (χ3n) is 2.45. The van der Waals surface area contributed by atoms with Gasteiger partial charge in [0.05, 0.1) is 23.5 Å². The zero-order valence-corrected chi connectivity index (χ0v) is 9.37. The van der Waals surface area contributed by atoms with Gasteiger partial charge >= 0.3 is 0 Å². The molecule has 0 saturated carbocycles. The molecule has 0 radical (unpaired) electrons. The first-order valence-electron chi connectivity index (χ1n) is 4.71. The third kappa shape index (κ3) is 1.70. The highest BCUT2D eigenvalue weighted by atomic mass is 35.5. The molecule has 1 heterocycles. The second-order valence-corrected chi connectivity index (χ2v) is 3.80. The van der Waals surface area contributed by atoms with Crippen molar-refractivity contribution in [2.75, 3.05) is 0 Å². The van der Waals surface area contributed by atoms with E-state index in [2.05, 4.69) is 5.10 Å². The van der Waals surface area contributed by atoms with Gasteiger partial charge in [0.15, 0.2) is 0 Å². The van der Waals surface area contributed by atoms with Crippen LogP contribution in [0, 0.1) is 5.82 Å². The summed E-state index contributed by atoms with van der Waals surface area (Å²) in [4.78, 5) is 0. The predicted molar refractivity (Wildman–Crippen MR) is 59.5 cm³/mol. The van der Waals surface area contributed by atoms with Crippen LogP contribution in [-0.4, -0.2) is 14.9 Å². The Morgan fingerprint density at radius 1 is 1.44 bits per heavy atom. The van der Waals surface area contributed by atoms with Crippen LogP contribution < -0.4 is 0 Å². The van der Waals surface area contributed by atoms with Crippen molar-refractivity contribution in [2.24, 2.45) is 7.05 Å². The molecule has 0 bridgehead atoms. The molecule has 84 valence electrons. The van der Waals surface area contributed by atoms with Crippen molar-refractivity contribution in [3.8, 4) is 11.1 Å².